The summed E-state index contributed by atoms with van der Waals surface area (Å²) in [5.41, 5.74) is -0.742. The minimum Gasteiger partial charge on any atom is -0.394 e. The van der Waals surface area contributed by atoms with Gasteiger partial charge in [-0.15, -0.1) is 0 Å². The Kier molecular flexibility index (Phi) is 3.46. The molecule has 1 saturated carbocycles. The van der Waals surface area contributed by atoms with Crippen molar-refractivity contribution in [3.05, 3.63) is 24.3 Å². The number of rotatable bonds is 5. The summed E-state index contributed by atoms with van der Waals surface area (Å²) in [5.74, 6) is 0. The van der Waals surface area contributed by atoms with Crippen LogP contribution in [0.2, 0.25) is 0 Å². The third-order valence-corrected chi connectivity index (χ3v) is 5.79. The molecule has 1 aromatic rings. The molecule has 0 aliphatic heterocycles. The fourth-order valence-corrected chi connectivity index (χ4v) is 3.73. The molecule has 0 unspecified atom stereocenters. The van der Waals surface area contributed by atoms with Crippen LogP contribution in [0.25, 0.3) is 0 Å². The Bertz CT molecular complexity index is 672. The monoisotopic (exact) mass is 305 g/mol. The number of sulfonamides is 1. The lowest BCUT2D eigenvalue weighted by molar-refractivity contribution is 0.246. The fraction of sp³-hybridized carbons (Fsp3) is 0.455. The van der Waals surface area contributed by atoms with E-state index in [1.54, 1.807) is 0 Å². The second-order valence-electron chi connectivity index (χ2n) is 4.79. The van der Waals surface area contributed by atoms with Crippen molar-refractivity contribution < 1.29 is 21.9 Å². The molecule has 0 aromatic heterocycles. The van der Waals surface area contributed by atoms with Crippen molar-refractivity contribution in [3.8, 4) is 0 Å². The Morgan fingerprint density at radius 1 is 1.11 bits per heavy atom. The first-order valence-corrected chi connectivity index (χ1v) is 9.01. The zero-order chi connectivity index (χ0) is 14.3. The van der Waals surface area contributed by atoms with Crippen molar-refractivity contribution in [1.29, 1.82) is 0 Å². The van der Waals surface area contributed by atoms with Gasteiger partial charge in [-0.3, -0.25) is 0 Å². The second-order valence-corrected chi connectivity index (χ2v) is 8.49. The number of hydrogen-bond donors (Lipinski definition) is 2. The van der Waals surface area contributed by atoms with Crippen molar-refractivity contribution in [2.45, 2.75) is 28.2 Å². The minimum absolute atomic E-state index is 0.0142. The zero-order valence-electron chi connectivity index (χ0n) is 10.3. The van der Waals surface area contributed by atoms with E-state index in [-0.39, 0.29) is 16.4 Å². The molecule has 2 N–H and O–H groups in total. The maximum Gasteiger partial charge on any atom is 0.241 e. The molecule has 19 heavy (non-hydrogen) atoms. The number of nitrogens with one attached hydrogen (secondary N) is 1. The second kappa shape index (κ2) is 4.55. The van der Waals surface area contributed by atoms with Crippen LogP contribution >= 0.6 is 0 Å². The van der Waals surface area contributed by atoms with Gasteiger partial charge < -0.3 is 5.11 Å². The van der Waals surface area contributed by atoms with E-state index in [0.29, 0.717) is 12.8 Å². The van der Waals surface area contributed by atoms with Gasteiger partial charge in [0.25, 0.3) is 0 Å². The summed E-state index contributed by atoms with van der Waals surface area (Å²) in [6.07, 6.45) is 2.26. The van der Waals surface area contributed by atoms with Gasteiger partial charge in [-0.05, 0) is 37.1 Å². The van der Waals surface area contributed by atoms with Crippen LogP contribution < -0.4 is 4.72 Å². The molecule has 1 aromatic carbocycles. The normalized spacial score (nSPS) is 18.2. The van der Waals surface area contributed by atoms with Crippen LogP contribution in [-0.2, 0) is 19.9 Å². The smallest absolute Gasteiger partial charge is 0.241 e. The van der Waals surface area contributed by atoms with Gasteiger partial charge in [-0.25, -0.2) is 21.6 Å². The van der Waals surface area contributed by atoms with E-state index < -0.39 is 25.4 Å². The van der Waals surface area contributed by atoms with E-state index in [4.69, 9.17) is 5.11 Å². The van der Waals surface area contributed by atoms with Crippen LogP contribution in [0.15, 0.2) is 34.1 Å². The van der Waals surface area contributed by atoms with Crippen LogP contribution in [-0.4, -0.2) is 40.3 Å². The molecule has 1 fully saturated rings. The highest BCUT2D eigenvalue weighted by Gasteiger charge is 2.45. The molecule has 6 nitrogen and oxygen atoms in total. The lowest BCUT2D eigenvalue weighted by Gasteiger charge is -2.14. The summed E-state index contributed by atoms with van der Waals surface area (Å²) < 4.78 is 49.1. The van der Waals surface area contributed by atoms with Gasteiger partial charge in [0.1, 0.15) is 0 Å². The molecular weight excluding hydrogens is 290 g/mol. The third kappa shape index (κ3) is 3.14. The molecule has 0 atom stereocenters. The van der Waals surface area contributed by atoms with Crippen molar-refractivity contribution in [2.75, 3.05) is 12.9 Å². The van der Waals surface area contributed by atoms with Gasteiger partial charge in [0.05, 0.1) is 21.9 Å². The molecule has 0 radical (unpaired) electrons. The quantitative estimate of drug-likeness (QED) is 0.791. The third-order valence-electron chi connectivity index (χ3n) is 3.07. The molecule has 0 bridgehead atoms. The molecular formula is C11H15NO5S2. The van der Waals surface area contributed by atoms with Gasteiger partial charge in [0.2, 0.25) is 10.0 Å². The minimum atomic E-state index is -3.73. The maximum absolute atomic E-state index is 12.0. The number of aliphatic hydroxyl groups excluding tert-OH is 1. The van der Waals surface area contributed by atoms with E-state index in [0.717, 1.165) is 6.26 Å². The highest BCUT2D eigenvalue weighted by Crippen LogP contribution is 2.36. The Labute approximate surface area is 112 Å². The SMILES string of the molecule is CS(=O)(=O)c1ccc(S(=O)(=O)NC2(CO)CC2)cc1. The van der Waals surface area contributed by atoms with E-state index in [2.05, 4.69) is 4.72 Å². The van der Waals surface area contributed by atoms with E-state index in [1.165, 1.54) is 24.3 Å². The molecule has 106 valence electrons. The molecule has 1 aliphatic rings. The highest BCUT2D eigenvalue weighted by molar-refractivity contribution is 7.90. The lowest BCUT2D eigenvalue weighted by Crippen LogP contribution is -2.39. The average Bonchev–Trinajstić information content (AvgIpc) is 3.08. The topological polar surface area (TPSA) is 101 Å². The van der Waals surface area contributed by atoms with Gasteiger partial charge in [-0.1, -0.05) is 0 Å². The standard InChI is InChI=1S/C11H15NO5S2/c1-18(14,15)9-2-4-10(5-3-9)19(16,17)12-11(8-13)6-7-11/h2-5,12-13H,6-8H2,1H3. The van der Waals surface area contributed by atoms with Crippen molar-refractivity contribution in [2.24, 2.45) is 0 Å². The largest absolute Gasteiger partial charge is 0.394 e. The summed E-state index contributed by atoms with van der Waals surface area (Å²) in [5, 5.41) is 9.11. The predicted molar refractivity (Wildman–Crippen MR) is 68.9 cm³/mol. The fourth-order valence-electron chi connectivity index (χ4n) is 1.65. The highest BCUT2D eigenvalue weighted by atomic mass is 32.2. The van der Waals surface area contributed by atoms with Gasteiger partial charge in [0.15, 0.2) is 9.84 Å². The molecule has 0 spiro atoms. The molecule has 8 heteroatoms. The Morgan fingerprint density at radius 2 is 1.58 bits per heavy atom. The number of sulfone groups is 1. The number of benzene rings is 1. The van der Waals surface area contributed by atoms with Gasteiger partial charge >= 0.3 is 0 Å². The summed E-state index contributed by atoms with van der Waals surface area (Å²) in [7, 11) is -7.08. The van der Waals surface area contributed by atoms with E-state index in [9.17, 15) is 16.8 Å². The van der Waals surface area contributed by atoms with Crippen molar-refractivity contribution in [3.63, 3.8) is 0 Å². The zero-order valence-corrected chi connectivity index (χ0v) is 12.0. The Balaban J connectivity index is 2.27. The van der Waals surface area contributed by atoms with Crippen LogP contribution in [0.3, 0.4) is 0 Å². The molecule has 2 rings (SSSR count). The molecule has 0 saturated heterocycles. The first kappa shape index (κ1) is 14.4. The number of hydrogen-bond acceptors (Lipinski definition) is 5. The summed E-state index contributed by atoms with van der Waals surface area (Å²) in [6, 6.07) is 4.99. The summed E-state index contributed by atoms with van der Waals surface area (Å²) >= 11 is 0. The maximum atomic E-state index is 12.0. The first-order valence-electron chi connectivity index (χ1n) is 5.64. The van der Waals surface area contributed by atoms with Gasteiger partial charge in [-0.2, -0.15) is 0 Å². The summed E-state index contributed by atoms with van der Waals surface area (Å²) in [4.78, 5) is 0.0503. The van der Waals surface area contributed by atoms with Crippen LogP contribution in [0, 0.1) is 0 Å². The van der Waals surface area contributed by atoms with Gasteiger partial charge in [0, 0.05) is 6.26 Å². The van der Waals surface area contributed by atoms with E-state index in [1.807, 2.05) is 0 Å². The molecule has 0 heterocycles. The molecule has 0 amide bonds. The Hall–Kier alpha value is -0.960. The van der Waals surface area contributed by atoms with Crippen molar-refractivity contribution in [1.82, 2.24) is 4.72 Å². The lowest BCUT2D eigenvalue weighted by atomic mass is 10.3. The van der Waals surface area contributed by atoms with Crippen LogP contribution in [0.1, 0.15) is 12.8 Å². The van der Waals surface area contributed by atoms with Crippen LogP contribution in [0.5, 0.6) is 0 Å². The predicted octanol–water partition coefficient (Wildman–Crippen LogP) is -0.107. The Morgan fingerprint density at radius 3 is 1.95 bits per heavy atom. The average molecular weight is 305 g/mol. The van der Waals surface area contributed by atoms with Crippen molar-refractivity contribution >= 4 is 19.9 Å². The van der Waals surface area contributed by atoms with E-state index >= 15 is 0 Å². The first-order chi connectivity index (χ1) is 8.69. The number of aliphatic hydroxyl groups is 1. The summed E-state index contributed by atoms with van der Waals surface area (Å²) in [6.45, 7) is -0.242. The van der Waals surface area contributed by atoms with Crippen LogP contribution in [0.4, 0.5) is 0 Å². The molecule has 1 aliphatic carbocycles.